The van der Waals surface area contributed by atoms with Crippen molar-refractivity contribution in [3.63, 3.8) is 0 Å². The van der Waals surface area contributed by atoms with Crippen LogP contribution in [0.3, 0.4) is 0 Å². The Kier molecular flexibility index (Phi) is 7.84. The number of benzene rings is 2. The van der Waals surface area contributed by atoms with Crippen molar-refractivity contribution in [3.05, 3.63) is 65.4 Å². The van der Waals surface area contributed by atoms with Crippen molar-refractivity contribution in [2.45, 2.75) is 76.7 Å². The lowest BCUT2D eigenvalue weighted by atomic mass is 10.1. The zero-order valence-electron chi connectivity index (χ0n) is 27.0. The van der Waals surface area contributed by atoms with Crippen molar-refractivity contribution in [2.75, 3.05) is 32.8 Å². The fourth-order valence-corrected chi connectivity index (χ4v) is 6.36. The predicted octanol–water partition coefficient (Wildman–Crippen LogP) is 6.59. The topological polar surface area (TPSA) is 94.8 Å². The first-order valence-corrected chi connectivity index (χ1v) is 16.5. The molecule has 2 saturated carbocycles. The minimum atomic E-state index is -0.497. The number of ether oxygens (including phenoxy) is 3. The number of carbonyl (C=O) groups is 1. The first kappa shape index (κ1) is 30.7. The summed E-state index contributed by atoms with van der Waals surface area (Å²) in [6.45, 7) is 11.9. The Balaban J connectivity index is 1.06. The van der Waals surface area contributed by atoms with Crippen LogP contribution in [0.5, 0.6) is 11.6 Å². The number of amides is 1. The van der Waals surface area contributed by atoms with Crippen LogP contribution >= 0.6 is 11.6 Å². The second-order valence-corrected chi connectivity index (χ2v) is 14.4. The van der Waals surface area contributed by atoms with Crippen LogP contribution in [0.15, 0.2) is 54.9 Å². The molecule has 1 aliphatic heterocycles. The second kappa shape index (κ2) is 11.7. The van der Waals surface area contributed by atoms with Crippen molar-refractivity contribution in [1.29, 1.82) is 0 Å². The minimum absolute atomic E-state index is 0.109. The molecule has 2 aromatic heterocycles. The molecule has 3 aliphatic rings. The molecule has 2 aromatic carbocycles. The summed E-state index contributed by atoms with van der Waals surface area (Å²) in [5.41, 5.74) is 2.41. The third-order valence-electron chi connectivity index (χ3n) is 9.01. The Hall–Kier alpha value is -3.89. The monoisotopic (exact) mass is 644 g/mol. The summed E-state index contributed by atoms with van der Waals surface area (Å²) in [5.74, 6) is 1.88. The van der Waals surface area contributed by atoms with Gasteiger partial charge in [-0.25, -0.2) is 14.8 Å². The van der Waals surface area contributed by atoms with E-state index in [9.17, 15) is 4.79 Å². The highest BCUT2D eigenvalue weighted by molar-refractivity contribution is 6.33. The number of halogens is 1. The molecule has 4 aromatic rings. The van der Waals surface area contributed by atoms with Crippen LogP contribution in [-0.2, 0) is 11.3 Å². The Morgan fingerprint density at radius 3 is 2.50 bits per heavy atom. The van der Waals surface area contributed by atoms with E-state index in [1.54, 1.807) is 0 Å². The van der Waals surface area contributed by atoms with Crippen molar-refractivity contribution < 1.29 is 19.0 Å². The molecule has 7 rings (SSSR count). The van der Waals surface area contributed by atoms with Gasteiger partial charge in [-0.3, -0.25) is 9.80 Å². The van der Waals surface area contributed by atoms with E-state index >= 15 is 0 Å². The average molecular weight is 645 g/mol. The molecule has 242 valence electrons. The summed E-state index contributed by atoms with van der Waals surface area (Å²) in [5, 5.41) is 0.537. The summed E-state index contributed by atoms with van der Waals surface area (Å²) in [6, 6.07) is 16.0. The number of nitrogens with zero attached hydrogens (tertiary/aromatic N) is 6. The quantitative estimate of drug-likeness (QED) is 0.201. The molecule has 46 heavy (non-hydrogen) atoms. The van der Waals surface area contributed by atoms with Crippen LogP contribution in [-0.4, -0.2) is 84.9 Å². The lowest BCUT2D eigenvalue weighted by Crippen LogP contribution is -2.58. The van der Waals surface area contributed by atoms with E-state index in [0.29, 0.717) is 53.3 Å². The van der Waals surface area contributed by atoms with Crippen molar-refractivity contribution in [1.82, 2.24) is 29.3 Å². The molecule has 11 heteroatoms. The number of hydrogen-bond acceptors (Lipinski definition) is 8. The van der Waals surface area contributed by atoms with Gasteiger partial charge in [0.05, 0.1) is 17.1 Å². The molecule has 1 saturated heterocycles. The lowest BCUT2D eigenvalue weighted by Gasteiger charge is -2.42. The molecular formula is C35H41ClN6O4. The maximum atomic E-state index is 12.8. The smallest absolute Gasteiger partial charge is 0.410 e. The molecule has 1 amide bonds. The molecule has 1 spiro atoms. The number of rotatable bonds is 9. The third-order valence-corrected chi connectivity index (χ3v) is 9.32. The fraction of sp³-hybridized carbons (Fsp3) is 0.486. The SMILES string of the molecule is CC(C)(C)OC(=O)N1CCN(CCOc2ccc(-c3nc4c(OC5(C)CC5)ncnc4n3Cc3ccccc3)c(Cl)c2)CC12CC2. The number of aromatic nitrogens is 4. The highest BCUT2D eigenvalue weighted by atomic mass is 35.5. The molecule has 3 heterocycles. The Morgan fingerprint density at radius 2 is 1.80 bits per heavy atom. The molecule has 0 unspecified atom stereocenters. The summed E-state index contributed by atoms with van der Waals surface area (Å²) >= 11 is 6.93. The van der Waals surface area contributed by atoms with E-state index < -0.39 is 5.60 Å². The predicted molar refractivity (Wildman–Crippen MR) is 176 cm³/mol. The van der Waals surface area contributed by atoms with Gasteiger partial charge in [0.2, 0.25) is 5.88 Å². The van der Waals surface area contributed by atoms with Crippen LogP contribution in [0.1, 0.15) is 58.9 Å². The summed E-state index contributed by atoms with van der Waals surface area (Å²) in [6.07, 6.45) is 5.33. The molecule has 0 N–H and O–H groups in total. The van der Waals surface area contributed by atoms with Crippen LogP contribution in [0.2, 0.25) is 5.02 Å². The molecule has 10 nitrogen and oxygen atoms in total. The average Bonchev–Trinajstić information content (AvgIpc) is 3.91. The zero-order valence-corrected chi connectivity index (χ0v) is 27.7. The molecular weight excluding hydrogens is 604 g/mol. The maximum Gasteiger partial charge on any atom is 0.410 e. The van der Waals surface area contributed by atoms with E-state index in [0.717, 1.165) is 56.4 Å². The first-order valence-electron chi connectivity index (χ1n) is 16.1. The molecule has 0 radical (unpaired) electrons. The van der Waals surface area contributed by atoms with Crippen molar-refractivity contribution in [3.8, 4) is 23.0 Å². The van der Waals surface area contributed by atoms with Crippen LogP contribution in [0.25, 0.3) is 22.6 Å². The van der Waals surface area contributed by atoms with E-state index in [1.165, 1.54) is 6.33 Å². The fourth-order valence-electron chi connectivity index (χ4n) is 6.11. The van der Waals surface area contributed by atoms with Crippen LogP contribution in [0, 0.1) is 0 Å². The molecule has 0 bridgehead atoms. The van der Waals surface area contributed by atoms with E-state index in [2.05, 4.69) is 38.5 Å². The van der Waals surface area contributed by atoms with E-state index in [4.69, 9.17) is 30.8 Å². The van der Waals surface area contributed by atoms with Gasteiger partial charge in [0.1, 0.15) is 35.7 Å². The van der Waals surface area contributed by atoms with Crippen molar-refractivity contribution in [2.24, 2.45) is 0 Å². The number of imidazole rings is 1. The van der Waals surface area contributed by atoms with Gasteiger partial charge in [0.25, 0.3) is 0 Å². The third kappa shape index (κ3) is 6.51. The van der Waals surface area contributed by atoms with Crippen LogP contribution < -0.4 is 9.47 Å². The number of piperazine rings is 1. The van der Waals surface area contributed by atoms with Gasteiger partial charge in [-0.15, -0.1) is 0 Å². The molecule has 2 aliphatic carbocycles. The number of hydrogen-bond donors (Lipinski definition) is 0. The summed E-state index contributed by atoms with van der Waals surface area (Å²) in [4.78, 5) is 31.2. The highest BCUT2D eigenvalue weighted by Gasteiger charge is 2.54. The Morgan fingerprint density at radius 1 is 1.02 bits per heavy atom. The minimum Gasteiger partial charge on any atom is -0.492 e. The maximum absolute atomic E-state index is 12.8. The van der Waals surface area contributed by atoms with Crippen molar-refractivity contribution >= 4 is 28.9 Å². The molecule has 0 atom stereocenters. The molecule has 3 fully saturated rings. The highest BCUT2D eigenvalue weighted by Crippen LogP contribution is 2.45. The standard InChI is InChI=1S/C35H41ClN6O4/c1-33(2,3)46-32(43)42-17-16-40(22-35(42)14-15-35)18-19-44-25-10-11-26(27(36)20-25)29-39-28-30(41(29)21-24-8-6-5-7-9-24)37-23-38-31(28)45-34(4)12-13-34/h5-11,20,23H,12-19,21-22H2,1-4H3. The summed E-state index contributed by atoms with van der Waals surface area (Å²) in [7, 11) is 0. The van der Waals surface area contributed by atoms with Gasteiger partial charge in [0, 0.05) is 31.7 Å². The van der Waals surface area contributed by atoms with E-state index in [1.807, 2.05) is 62.1 Å². The van der Waals surface area contributed by atoms with Gasteiger partial charge >= 0.3 is 6.09 Å². The lowest BCUT2D eigenvalue weighted by molar-refractivity contribution is -0.00825. The van der Waals surface area contributed by atoms with Crippen LogP contribution in [0.4, 0.5) is 4.79 Å². The van der Waals surface area contributed by atoms with Gasteiger partial charge < -0.3 is 18.8 Å². The van der Waals surface area contributed by atoms with Gasteiger partial charge in [-0.2, -0.15) is 4.98 Å². The van der Waals surface area contributed by atoms with Gasteiger partial charge in [-0.05, 0) is 77.1 Å². The van der Waals surface area contributed by atoms with Gasteiger partial charge in [-0.1, -0.05) is 41.9 Å². The number of carbonyl (C=O) groups excluding carboxylic acids is 1. The zero-order chi connectivity index (χ0) is 32.1. The Bertz CT molecular complexity index is 1750. The largest absolute Gasteiger partial charge is 0.492 e. The number of fused-ring (bicyclic) bond motifs is 1. The van der Waals surface area contributed by atoms with E-state index in [-0.39, 0.29) is 17.2 Å². The first-order chi connectivity index (χ1) is 22.0. The van der Waals surface area contributed by atoms with Gasteiger partial charge in [0.15, 0.2) is 11.2 Å². The normalized spacial score (nSPS) is 18.5. The summed E-state index contributed by atoms with van der Waals surface area (Å²) < 4.78 is 20.2. The second-order valence-electron chi connectivity index (χ2n) is 14.0. The Labute approximate surface area is 274 Å².